The number of aliphatic hydroxyl groups excluding tert-OH is 1. The Labute approximate surface area is 153 Å². The maximum absolute atomic E-state index is 12.6. The molecule has 2 fully saturated rings. The van der Waals surface area contributed by atoms with Crippen LogP contribution in [0.2, 0.25) is 0 Å². The first kappa shape index (κ1) is 17.2. The highest BCUT2D eigenvalue weighted by molar-refractivity contribution is 6.03. The average molecular weight is 354 g/mol. The summed E-state index contributed by atoms with van der Waals surface area (Å²) in [6, 6.07) is 9.85. The first-order valence-electron chi connectivity index (χ1n) is 9.51. The van der Waals surface area contributed by atoms with Crippen molar-refractivity contribution in [3.05, 3.63) is 47.3 Å². The molecule has 0 radical (unpaired) electrons. The normalized spacial score (nSPS) is 20.5. The Morgan fingerprint density at radius 2 is 2.15 bits per heavy atom. The Kier molecular flexibility index (Phi) is 4.78. The van der Waals surface area contributed by atoms with Gasteiger partial charge >= 0.3 is 0 Å². The van der Waals surface area contributed by atoms with E-state index in [1.165, 1.54) is 18.5 Å². The van der Waals surface area contributed by atoms with Gasteiger partial charge in [-0.1, -0.05) is 12.1 Å². The van der Waals surface area contributed by atoms with Crippen LogP contribution in [0.15, 0.2) is 30.3 Å². The fourth-order valence-corrected chi connectivity index (χ4v) is 3.66. The van der Waals surface area contributed by atoms with Gasteiger partial charge in [0, 0.05) is 43.5 Å². The molecule has 1 aromatic carbocycles. The summed E-state index contributed by atoms with van der Waals surface area (Å²) in [7, 11) is 0. The minimum Gasteiger partial charge on any atom is -0.392 e. The van der Waals surface area contributed by atoms with Crippen LogP contribution in [0.3, 0.4) is 0 Å². The molecule has 1 aromatic heterocycles. The van der Waals surface area contributed by atoms with E-state index in [2.05, 4.69) is 28.3 Å². The number of carbonyl (C=O) groups excluding carboxylic acids is 1. The van der Waals surface area contributed by atoms with Crippen molar-refractivity contribution < 1.29 is 9.90 Å². The molecule has 6 heteroatoms. The predicted molar refractivity (Wildman–Crippen MR) is 100 cm³/mol. The number of rotatable bonds is 6. The lowest BCUT2D eigenvalue weighted by molar-refractivity contribution is 0.102. The molecule has 26 heavy (non-hydrogen) atoms. The quantitative estimate of drug-likeness (QED) is 0.837. The monoisotopic (exact) mass is 354 g/mol. The zero-order valence-electron chi connectivity index (χ0n) is 15.2. The van der Waals surface area contributed by atoms with E-state index in [-0.39, 0.29) is 12.0 Å². The molecule has 1 saturated heterocycles. The molecule has 1 saturated carbocycles. The molecule has 1 aliphatic heterocycles. The van der Waals surface area contributed by atoms with Crippen LogP contribution in [0.4, 0.5) is 5.69 Å². The Hall–Kier alpha value is -2.18. The molecular formula is C20H26N4O2. The summed E-state index contributed by atoms with van der Waals surface area (Å²) in [6.07, 6.45) is 3.01. The van der Waals surface area contributed by atoms with Crippen LogP contribution < -0.4 is 5.32 Å². The van der Waals surface area contributed by atoms with Gasteiger partial charge in [0.05, 0.1) is 6.10 Å². The van der Waals surface area contributed by atoms with E-state index in [9.17, 15) is 9.90 Å². The molecule has 1 amide bonds. The van der Waals surface area contributed by atoms with Crippen LogP contribution >= 0.6 is 0 Å². The number of hydrogen-bond donors (Lipinski definition) is 2. The highest BCUT2D eigenvalue weighted by Crippen LogP contribution is 2.40. The third-order valence-electron chi connectivity index (χ3n) is 5.18. The zero-order chi connectivity index (χ0) is 18.1. The number of aliphatic hydroxyl groups is 1. The van der Waals surface area contributed by atoms with Crippen LogP contribution in [0.5, 0.6) is 0 Å². The van der Waals surface area contributed by atoms with Gasteiger partial charge in [-0.25, -0.2) is 0 Å². The smallest absolute Gasteiger partial charge is 0.276 e. The van der Waals surface area contributed by atoms with E-state index in [0.29, 0.717) is 11.6 Å². The van der Waals surface area contributed by atoms with Gasteiger partial charge < -0.3 is 10.4 Å². The molecular weight excluding hydrogens is 328 g/mol. The molecule has 1 aliphatic carbocycles. The number of likely N-dealkylation sites (tertiary alicyclic amines) is 1. The number of β-amino-alcohol motifs (C(OH)–C–C–N with tert-alkyl or cyclic N) is 1. The van der Waals surface area contributed by atoms with Crippen LogP contribution in [0.1, 0.15) is 53.8 Å². The van der Waals surface area contributed by atoms with Gasteiger partial charge in [0.25, 0.3) is 5.91 Å². The molecule has 2 heterocycles. The number of carbonyl (C=O) groups is 1. The minimum atomic E-state index is -0.216. The number of nitrogens with one attached hydrogen (secondary N) is 1. The third kappa shape index (κ3) is 3.81. The second-order valence-corrected chi connectivity index (χ2v) is 7.38. The van der Waals surface area contributed by atoms with Crippen molar-refractivity contribution in [3.63, 3.8) is 0 Å². The van der Waals surface area contributed by atoms with Crippen molar-refractivity contribution in [1.82, 2.24) is 14.7 Å². The fourth-order valence-electron chi connectivity index (χ4n) is 3.66. The lowest BCUT2D eigenvalue weighted by atomic mass is 10.2. The number of aryl methyl sites for hydroxylation is 1. The number of aromatic nitrogens is 2. The van der Waals surface area contributed by atoms with E-state index in [1.807, 2.05) is 28.9 Å². The molecule has 2 aromatic rings. The van der Waals surface area contributed by atoms with Crippen molar-refractivity contribution >= 4 is 11.6 Å². The van der Waals surface area contributed by atoms with Crippen molar-refractivity contribution in [2.24, 2.45) is 0 Å². The Morgan fingerprint density at radius 3 is 2.85 bits per heavy atom. The number of amides is 1. The third-order valence-corrected chi connectivity index (χ3v) is 5.18. The predicted octanol–water partition coefficient (Wildman–Crippen LogP) is 2.60. The zero-order valence-corrected chi connectivity index (χ0v) is 15.2. The Bertz CT molecular complexity index is 797. The van der Waals surface area contributed by atoms with Crippen molar-refractivity contribution in [3.8, 4) is 0 Å². The summed E-state index contributed by atoms with van der Waals surface area (Å²) in [5.41, 5.74) is 3.58. The van der Waals surface area contributed by atoms with Gasteiger partial charge in [-0.15, -0.1) is 0 Å². The maximum atomic E-state index is 12.6. The maximum Gasteiger partial charge on any atom is 0.276 e. The molecule has 0 spiro atoms. The molecule has 1 atom stereocenters. The topological polar surface area (TPSA) is 70.4 Å². The van der Waals surface area contributed by atoms with Crippen molar-refractivity contribution in [2.75, 3.05) is 18.4 Å². The van der Waals surface area contributed by atoms with Crippen molar-refractivity contribution in [1.29, 1.82) is 0 Å². The lowest BCUT2D eigenvalue weighted by Crippen LogP contribution is -2.21. The molecule has 2 aliphatic rings. The molecule has 6 nitrogen and oxygen atoms in total. The Balaban J connectivity index is 1.43. The van der Waals surface area contributed by atoms with Crippen LogP contribution in [-0.4, -0.2) is 44.9 Å². The highest BCUT2D eigenvalue weighted by atomic mass is 16.3. The van der Waals surface area contributed by atoms with E-state index in [4.69, 9.17) is 0 Å². The van der Waals surface area contributed by atoms with Crippen molar-refractivity contribution in [2.45, 2.75) is 51.3 Å². The van der Waals surface area contributed by atoms with E-state index < -0.39 is 0 Å². The van der Waals surface area contributed by atoms with Crippen LogP contribution in [0.25, 0.3) is 0 Å². The average Bonchev–Trinajstić information content (AvgIpc) is 3.25. The largest absolute Gasteiger partial charge is 0.392 e. The van der Waals surface area contributed by atoms with E-state index in [1.54, 1.807) is 0 Å². The molecule has 2 N–H and O–H groups in total. The number of nitrogens with zero attached hydrogens (tertiary/aromatic N) is 3. The second kappa shape index (κ2) is 7.21. The number of anilines is 1. The second-order valence-electron chi connectivity index (χ2n) is 7.38. The van der Waals surface area contributed by atoms with E-state index >= 15 is 0 Å². The molecule has 4 rings (SSSR count). The fraction of sp³-hybridized carbons (Fsp3) is 0.500. The summed E-state index contributed by atoms with van der Waals surface area (Å²) in [6.45, 7) is 5.26. The first-order chi connectivity index (χ1) is 12.6. The Morgan fingerprint density at radius 1 is 1.31 bits per heavy atom. The minimum absolute atomic E-state index is 0.159. The lowest BCUT2D eigenvalue weighted by Gasteiger charge is -2.15. The molecule has 138 valence electrons. The number of benzene rings is 1. The summed E-state index contributed by atoms with van der Waals surface area (Å²) in [4.78, 5) is 14.8. The van der Waals surface area contributed by atoms with Gasteiger partial charge in [0.1, 0.15) is 0 Å². The standard InChI is InChI=1S/C20H26N4O2/c1-2-24-19(15-6-7-15)11-18(22-24)20(26)21-16-5-3-4-14(10-16)12-23-9-8-17(25)13-23/h3-5,10-11,15,17,25H,2,6-9,12-13H2,1H3,(H,21,26). The summed E-state index contributed by atoms with van der Waals surface area (Å²) >= 11 is 0. The van der Waals surface area contributed by atoms with Gasteiger partial charge in [-0.2, -0.15) is 5.10 Å². The van der Waals surface area contributed by atoms with Crippen LogP contribution in [0, 0.1) is 0 Å². The van der Waals surface area contributed by atoms with E-state index in [0.717, 1.165) is 43.9 Å². The SMILES string of the molecule is CCn1nc(C(=O)Nc2cccc(CN3CCC(O)C3)c2)cc1C1CC1. The van der Waals surface area contributed by atoms with Gasteiger partial charge in [0.2, 0.25) is 0 Å². The highest BCUT2D eigenvalue weighted by Gasteiger charge is 2.29. The summed E-state index contributed by atoms with van der Waals surface area (Å²) in [5.74, 6) is 0.413. The summed E-state index contributed by atoms with van der Waals surface area (Å²) < 4.78 is 1.95. The molecule has 1 unspecified atom stereocenters. The van der Waals surface area contributed by atoms with Gasteiger partial charge in [0.15, 0.2) is 5.69 Å². The van der Waals surface area contributed by atoms with Gasteiger partial charge in [-0.05, 0) is 49.9 Å². The molecule has 0 bridgehead atoms. The summed E-state index contributed by atoms with van der Waals surface area (Å²) in [5, 5.41) is 17.1. The van der Waals surface area contributed by atoms with Gasteiger partial charge in [-0.3, -0.25) is 14.4 Å². The first-order valence-corrected chi connectivity index (χ1v) is 9.51. The number of hydrogen-bond acceptors (Lipinski definition) is 4. The van der Waals surface area contributed by atoms with Crippen LogP contribution in [-0.2, 0) is 13.1 Å².